The predicted octanol–water partition coefficient (Wildman–Crippen LogP) is 4.47. The Labute approximate surface area is 364 Å². The number of carbonyl (C=O) groups is 6. The Morgan fingerprint density at radius 2 is 0.984 bits per heavy atom. The summed E-state index contributed by atoms with van der Waals surface area (Å²) in [5, 5.41) is 45.4. The first-order chi connectivity index (χ1) is 29.5. The molecule has 61 heavy (non-hydrogen) atoms. The van der Waals surface area contributed by atoms with Gasteiger partial charge in [-0.15, -0.1) is 0 Å². The number of carboxylic acids is 2. The number of unbranched alkanes of at least 4 members (excludes halogenated alkanes) is 14. The second kappa shape index (κ2) is 42.3. The van der Waals surface area contributed by atoms with Crippen LogP contribution in [0.3, 0.4) is 0 Å². The van der Waals surface area contributed by atoms with Crippen molar-refractivity contribution in [1.82, 2.24) is 16.0 Å². The van der Waals surface area contributed by atoms with Crippen LogP contribution in [0.15, 0.2) is 0 Å². The minimum absolute atomic E-state index is 0.0186. The van der Waals surface area contributed by atoms with Crippen LogP contribution < -0.4 is 16.0 Å². The van der Waals surface area contributed by atoms with E-state index in [1.165, 1.54) is 44.9 Å². The number of aliphatic carboxylic acids is 2. The first kappa shape index (κ1) is 57.9. The summed E-state index contributed by atoms with van der Waals surface area (Å²) in [6.45, 7) is 2.16. The number of hydrogen-bond donors (Lipinski definition) is 7. The highest BCUT2D eigenvalue weighted by molar-refractivity contribution is 5.80. The Hall–Kier alpha value is -3.06. The molecule has 0 aliphatic heterocycles. The Bertz CT molecular complexity index is 1140. The Kier molecular flexibility index (Phi) is 40.1. The van der Waals surface area contributed by atoms with Gasteiger partial charge in [0.15, 0.2) is 12.1 Å². The van der Waals surface area contributed by atoms with E-state index in [2.05, 4.69) is 16.0 Å². The number of hydrogen-bond acceptors (Lipinski definition) is 13. The molecule has 0 aromatic heterocycles. The number of aliphatic hydroxyl groups is 2. The smallest absolute Gasteiger partial charge is 0.320 e. The van der Waals surface area contributed by atoms with Crippen molar-refractivity contribution in [3.05, 3.63) is 0 Å². The fourth-order valence-electron chi connectivity index (χ4n) is 6.52. The maximum Gasteiger partial charge on any atom is 0.320 e. The molecule has 0 aromatic carbocycles. The lowest BCUT2D eigenvalue weighted by atomic mass is 9.94. The molecule has 0 spiro atoms. The largest absolute Gasteiger partial charge is 0.481 e. The van der Waals surface area contributed by atoms with Crippen molar-refractivity contribution >= 4 is 35.3 Å². The second-order valence-corrected chi connectivity index (χ2v) is 15.6. The summed E-state index contributed by atoms with van der Waals surface area (Å²) in [7, 11) is 1.60. The summed E-state index contributed by atoms with van der Waals surface area (Å²) in [5.74, 6) is -2.90. The molecule has 0 aliphatic rings. The van der Waals surface area contributed by atoms with Gasteiger partial charge in [0.25, 0.3) is 0 Å². The van der Waals surface area contributed by atoms with Crippen LogP contribution >= 0.6 is 0 Å². The number of ether oxygens (including phenoxy) is 4. The van der Waals surface area contributed by atoms with E-state index >= 15 is 0 Å². The average molecular weight is 876 g/mol. The number of ketones is 2. The van der Waals surface area contributed by atoms with Crippen molar-refractivity contribution in [2.45, 2.75) is 166 Å². The van der Waals surface area contributed by atoms with Gasteiger partial charge in [-0.25, -0.2) is 0 Å². The molecule has 0 aliphatic carbocycles. The molecule has 17 nitrogen and oxygen atoms in total. The zero-order valence-corrected chi connectivity index (χ0v) is 37.1. The standard InChI is InChI=1S/C44H81N3O14/c1-45-39(44(56)57)21-16-17-25-46-41(51)35-61-32-29-58-27-18-20-38(49)34-60-31-30-59-28-26-47-40(50)24-23-36(43(54)55)33-37(48)19-14-12-10-8-6-4-2-3-5-7-9-11-13-15-22-42(52)53/h36,39,43,45,54-55H,2-35H2,1H3,(H,46,51)(H,47,50)(H,52,53)(H,56,57)/t36-,39+/m1/s1. The maximum absolute atomic E-state index is 12.5. The molecule has 0 aromatic rings. The van der Waals surface area contributed by atoms with Gasteiger partial charge in [0, 0.05) is 57.7 Å². The summed E-state index contributed by atoms with van der Waals surface area (Å²) < 4.78 is 21.5. The normalized spacial score (nSPS) is 12.3. The van der Waals surface area contributed by atoms with E-state index in [1.807, 2.05) is 0 Å². The molecule has 0 saturated carbocycles. The van der Waals surface area contributed by atoms with Crippen molar-refractivity contribution in [2.75, 3.05) is 73.0 Å². The highest BCUT2D eigenvalue weighted by Crippen LogP contribution is 2.18. The van der Waals surface area contributed by atoms with E-state index in [0.717, 1.165) is 44.9 Å². The predicted molar refractivity (Wildman–Crippen MR) is 230 cm³/mol. The number of rotatable bonds is 47. The van der Waals surface area contributed by atoms with E-state index in [0.29, 0.717) is 51.7 Å². The molecule has 7 N–H and O–H groups in total. The Balaban J connectivity index is 3.65. The van der Waals surface area contributed by atoms with Gasteiger partial charge in [0.2, 0.25) is 11.8 Å². The molecule has 0 rings (SSSR count). The summed E-state index contributed by atoms with van der Waals surface area (Å²) in [5.41, 5.74) is 0. The zero-order chi connectivity index (χ0) is 45.2. The van der Waals surface area contributed by atoms with Crippen LogP contribution in [0.25, 0.3) is 0 Å². The van der Waals surface area contributed by atoms with Gasteiger partial charge in [-0.3, -0.25) is 28.8 Å². The van der Waals surface area contributed by atoms with Crippen LogP contribution in [0.4, 0.5) is 0 Å². The fourth-order valence-corrected chi connectivity index (χ4v) is 6.52. The number of Topliss-reactive ketones (excluding diaryl/α,β-unsaturated/α-hetero) is 2. The quantitative estimate of drug-likeness (QED) is 0.0329. The lowest BCUT2D eigenvalue weighted by Crippen LogP contribution is -2.34. The van der Waals surface area contributed by atoms with E-state index in [-0.39, 0.29) is 102 Å². The summed E-state index contributed by atoms with van der Waals surface area (Å²) >= 11 is 0. The van der Waals surface area contributed by atoms with Gasteiger partial charge in [0.1, 0.15) is 25.0 Å². The molecule has 2 amide bonds. The third-order valence-corrected chi connectivity index (χ3v) is 10.2. The number of carboxylic acid groups (broad SMARTS) is 2. The van der Waals surface area contributed by atoms with Crippen LogP contribution in [-0.4, -0.2) is 141 Å². The van der Waals surface area contributed by atoms with Crippen molar-refractivity contribution in [3.8, 4) is 0 Å². The lowest BCUT2D eigenvalue weighted by Gasteiger charge is -2.18. The molecular formula is C44H81N3O14. The van der Waals surface area contributed by atoms with Gasteiger partial charge in [0.05, 0.1) is 33.0 Å². The topological polar surface area (TPSA) is 256 Å². The second-order valence-electron chi connectivity index (χ2n) is 15.6. The van der Waals surface area contributed by atoms with Crippen molar-refractivity contribution in [2.24, 2.45) is 5.92 Å². The van der Waals surface area contributed by atoms with Crippen LogP contribution in [0, 0.1) is 5.92 Å². The van der Waals surface area contributed by atoms with E-state index < -0.39 is 30.2 Å². The molecule has 0 unspecified atom stereocenters. The third-order valence-electron chi connectivity index (χ3n) is 10.2. The number of nitrogens with one attached hydrogen (secondary N) is 3. The van der Waals surface area contributed by atoms with Crippen molar-refractivity contribution < 1.29 is 68.1 Å². The van der Waals surface area contributed by atoms with E-state index in [9.17, 15) is 39.0 Å². The molecular weight excluding hydrogens is 794 g/mol. The van der Waals surface area contributed by atoms with Crippen LogP contribution in [0.1, 0.15) is 154 Å². The summed E-state index contributed by atoms with van der Waals surface area (Å²) in [6, 6.07) is -0.588. The average Bonchev–Trinajstić information content (AvgIpc) is 3.22. The molecule has 0 fully saturated rings. The van der Waals surface area contributed by atoms with Crippen molar-refractivity contribution in [3.63, 3.8) is 0 Å². The first-order valence-electron chi connectivity index (χ1n) is 22.8. The van der Waals surface area contributed by atoms with E-state index in [4.69, 9.17) is 29.2 Å². The molecule has 0 radical (unpaired) electrons. The maximum atomic E-state index is 12.5. The van der Waals surface area contributed by atoms with E-state index in [1.54, 1.807) is 7.05 Å². The number of carbonyl (C=O) groups excluding carboxylic acids is 4. The molecule has 356 valence electrons. The van der Waals surface area contributed by atoms with Crippen molar-refractivity contribution in [1.29, 1.82) is 0 Å². The molecule has 0 heterocycles. The highest BCUT2D eigenvalue weighted by Gasteiger charge is 2.21. The number of aliphatic hydroxyl groups excluding tert-OH is 1. The minimum atomic E-state index is -1.67. The molecule has 17 heteroatoms. The summed E-state index contributed by atoms with van der Waals surface area (Å²) in [4.78, 5) is 70.0. The zero-order valence-electron chi connectivity index (χ0n) is 37.1. The molecule has 0 saturated heterocycles. The highest BCUT2D eigenvalue weighted by atomic mass is 16.5. The van der Waals surface area contributed by atoms with Crippen LogP contribution in [0.2, 0.25) is 0 Å². The number of amides is 2. The first-order valence-corrected chi connectivity index (χ1v) is 22.8. The minimum Gasteiger partial charge on any atom is -0.481 e. The SMILES string of the molecule is CN[C@@H](CCCCNC(=O)COCCOCCCC(=O)COCCOCCNC(=O)CC[C@H](CC(=O)CCCCCCCCCCCCCCCCC(=O)O)C(O)O)C(=O)O. The Morgan fingerprint density at radius 3 is 1.54 bits per heavy atom. The van der Waals surface area contributed by atoms with Gasteiger partial charge < -0.3 is 55.3 Å². The van der Waals surface area contributed by atoms with Gasteiger partial charge in [-0.1, -0.05) is 77.0 Å². The fraction of sp³-hybridized carbons (Fsp3) is 0.864. The Morgan fingerprint density at radius 1 is 0.475 bits per heavy atom. The van der Waals surface area contributed by atoms with Crippen LogP contribution in [0.5, 0.6) is 0 Å². The molecule has 2 atom stereocenters. The van der Waals surface area contributed by atoms with Gasteiger partial charge in [-0.2, -0.15) is 0 Å². The van der Waals surface area contributed by atoms with Gasteiger partial charge >= 0.3 is 11.9 Å². The monoisotopic (exact) mass is 876 g/mol. The van der Waals surface area contributed by atoms with Gasteiger partial charge in [-0.05, 0) is 52.0 Å². The third kappa shape index (κ3) is 40.8. The number of likely N-dealkylation sites (N-methyl/N-ethyl adjacent to an activating group) is 1. The molecule has 0 bridgehead atoms. The lowest BCUT2D eigenvalue weighted by molar-refractivity contribution is -0.140. The van der Waals surface area contributed by atoms with Crippen LogP contribution in [-0.2, 0) is 47.7 Å². The summed E-state index contributed by atoms with van der Waals surface area (Å²) in [6.07, 6.45) is 17.4.